The summed E-state index contributed by atoms with van der Waals surface area (Å²) in [5, 5.41) is 2.56. The van der Waals surface area contributed by atoms with Gasteiger partial charge in [-0.2, -0.15) is 4.31 Å². The van der Waals surface area contributed by atoms with Crippen LogP contribution in [-0.2, 0) is 27.8 Å². The number of nitrogens with zero attached hydrogens (tertiary/aromatic N) is 1. The highest BCUT2D eigenvalue weighted by Crippen LogP contribution is 2.34. The van der Waals surface area contributed by atoms with E-state index in [0.29, 0.717) is 34.7 Å². The van der Waals surface area contributed by atoms with Gasteiger partial charge in [-0.3, -0.25) is 4.79 Å². The van der Waals surface area contributed by atoms with Gasteiger partial charge in [0, 0.05) is 25.7 Å². The van der Waals surface area contributed by atoms with Crippen LogP contribution in [0.5, 0.6) is 11.5 Å². The van der Waals surface area contributed by atoms with E-state index < -0.39 is 20.7 Å². The molecule has 0 saturated heterocycles. The van der Waals surface area contributed by atoms with Crippen LogP contribution < -0.4 is 14.8 Å². The van der Waals surface area contributed by atoms with E-state index in [-0.39, 0.29) is 25.7 Å². The fraction of sp³-hybridized carbons (Fsp3) is 0.278. The van der Waals surface area contributed by atoms with Crippen LogP contribution in [0.25, 0.3) is 0 Å². The molecule has 2 aromatic carbocycles. The number of carbonyl (C=O) groups excluding carboxylic acids is 1. The molecule has 4 rings (SSSR count). The molecular formula is C18H17FN2O5S. The molecule has 0 bridgehead atoms. The molecule has 2 aromatic rings. The molecule has 0 atom stereocenters. The number of sulfonamides is 1. The Balaban J connectivity index is 1.62. The maximum absolute atomic E-state index is 14.5. The fourth-order valence-electron chi connectivity index (χ4n) is 3.13. The van der Waals surface area contributed by atoms with Crippen LogP contribution in [-0.4, -0.2) is 32.5 Å². The minimum absolute atomic E-state index is 0.0479. The smallest absolute Gasteiger partial charge is 0.246 e. The molecule has 0 spiro atoms. The van der Waals surface area contributed by atoms with Crippen molar-refractivity contribution in [1.82, 2.24) is 4.31 Å². The first-order valence-corrected chi connectivity index (χ1v) is 9.76. The molecule has 1 N–H and O–H groups in total. The summed E-state index contributed by atoms with van der Waals surface area (Å²) >= 11 is 0. The molecule has 0 aromatic heterocycles. The number of anilines is 1. The van der Waals surface area contributed by atoms with E-state index >= 15 is 0 Å². The van der Waals surface area contributed by atoms with Crippen molar-refractivity contribution in [3.63, 3.8) is 0 Å². The Morgan fingerprint density at radius 2 is 1.93 bits per heavy atom. The number of fused-ring (bicyclic) bond motifs is 2. The van der Waals surface area contributed by atoms with Crippen LogP contribution in [0.2, 0.25) is 0 Å². The zero-order valence-corrected chi connectivity index (χ0v) is 15.3. The van der Waals surface area contributed by atoms with Gasteiger partial charge < -0.3 is 14.8 Å². The average molecular weight is 392 g/mol. The van der Waals surface area contributed by atoms with Crippen molar-refractivity contribution in [1.29, 1.82) is 0 Å². The Bertz CT molecular complexity index is 1040. The SMILES string of the molecule is CN(Cc1ccc2c(c1)OCO2)S(=O)(=O)c1cc2c(cc1F)NC(=O)CC2. The minimum Gasteiger partial charge on any atom is -0.454 e. The van der Waals surface area contributed by atoms with E-state index in [1.54, 1.807) is 18.2 Å². The van der Waals surface area contributed by atoms with Crippen molar-refractivity contribution in [2.24, 2.45) is 0 Å². The van der Waals surface area contributed by atoms with Crippen molar-refractivity contribution >= 4 is 21.6 Å². The summed E-state index contributed by atoms with van der Waals surface area (Å²) in [6.07, 6.45) is 0.612. The number of hydrogen-bond acceptors (Lipinski definition) is 5. The lowest BCUT2D eigenvalue weighted by Gasteiger charge is -2.21. The van der Waals surface area contributed by atoms with Crippen LogP contribution in [0.3, 0.4) is 0 Å². The van der Waals surface area contributed by atoms with Gasteiger partial charge in [0.15, 0.2) is 11.5 Å². The molecule has 2 heterocycles. The van der Waals surface area contributed by atoms with Gasteiger partial charge in [0.2, 0.25) is 22.7 Å². The zero-order chi connectivity index (χ0) is 19.2. The highest BCUT2D eigenvalue weighted by molar-refractivity contribution is 7.89. The molecule has 9 heteroatoms. The molecular weight excluding hydrogens is 375 g/mol. The summed E-state index contributed by atoms with van der Waals surface area (Å²) < 4.78 is 51.9. The van der Waals surface area contributed by atoms with Crippen LogP contribution in [0.15, 0.2) is 35.2 Å². The second-order valence-electron chi connectivity index (χ2n) is 6.44. The number of rotatable bonds is 4. The highest BCUT2D eigenvalue weighted by Gasteiger charge is 2.28. The molecule has 0 saturated carbocycles. The molecule has 27 heavy (non-hydrogen) atoms. The van der Waals surface area contributed by atoms with E-state index in [2.05, 4.69) is 5.32 Å². The molecule has 0 fully saturated rings. The zero-order valence-electron chi connectivity index (χ0n) is 14.5. The summed E-state index contributed by atoms with van der Waals surface area (Å²) in [6, 6.07) is 7.51. The van der Waals surface area contributed by atoms with E-state index in [4.69, 9.17) is 9.47 Å². The predicted molar refractivity (Wildman–Crippen MR) is 94.6 cm³/mol. The molecule has 142 valence electrons. The summed E-state index contributed by atoms with van der Waals surface area (Å²) in [6.45, 7) is 0.177. The third kappa shape index (κ3) is 3.24. The summed E-state index contributed by atoms with van der Waals surface area (Å²) in [5.41, 5.74) is 1.61. The van der Waals surface area contributed by atoms with Crippen LogP contribution in [0, 0.1) is 5.82 Å². The standard InChI is InChI=1S/C18H17FN2O5S/c1-21(9-11-2-4-15-16(6-11)26-10-25-15)27(23,24)17-7-12-3-5-18(22)20-14(12)8-13(17)19/h2,4,6-8H,3,5,9-10H2,1H3,(H,20,22). The second-order valence-corrected chi connectivity index (χ2v) is 8.45. The lowest BCUT2D eigenvalue weighted by atomic mass is 10.0. The highest BCUT2D eigenvalue weighted by atomic mass is 32.2. The van der Waals surface area contributed by atoms with Crippen molar-refractivity contribution in [2.75, 3.05) is 19.2 Å². The van der Waals surface area contributed by atoms with Crippen molar-refractivity contribution in [3.05, 3.63) is 47.3 Å². The number of halogens is 1. The van der Waals surface area contributed by atoms with E-state index in [9.17, 15) is 17.6 Å². The Morgan fingerprint density at radius 1 is 1.15 bits per heavy atom. The van der Waals surface area contributed by atoms with Gasteiger partial charge >= 0.3 is 0 Å². The van der Waals surface area contributed by atoms with E-state index in [1.165, 1.54) is 13.1 Å². The fourth-order valence-corrected chi connectivity index (χ4v) is 4.38. The largest absolute Gasteiger partial charge is 0.454 e. The lowest BCUT2D eigenvalue weighted by molar-refractivity contribution is -0.116. The van der Waals surface area contributed by atoms with Crippen LogP contribution in [0.4, 0.5) is 10.1 Å². The summed E-state index contributed by atoms with van der Waals surface area (Å²) in [7, 11) is -2.67. The maximum atomic E-state index is 14.5. The molecule has 2 aliphatic heterocycles. The second kappa shape index (κ2) is 6.50. The van der Waals surface area contributed by atoms with E-state index in [0.717, 1.165) is 10.4 Å². The van der Waals surface area contributed by atoms with Crippen LogP contribution in [0.1, 0.15) is 17.5 Å². The number of nitrogens with one attached hydrogen (secondary N) is 1. The van der Waals surface area contributed by atoms with Crippen molar-refractivity contribution in [2.45, 2.75) is 24.3 Å². The third-order valence-corrected chi connectivity index (χ3v) is 6.40. The number of amides is 1. The summed E-state index contributed by atoms with van der Waals surface area (Å²) in [4.78, 5) is 11.0. The first-order valence-electron chi connectivity index (χ1n) is 8.32. The topological polar surface area (TPSA) is 84.9 Å². The van der Waals surface area contributed by atoms with Gasteiger partial charge in [-0.15, -0.1) is 0 Å². The first kappa shape index (κ1) is 17.7. The quantitative estimate of drug-likeness (QED) is 0.863. The summed E-state index contributed by atoms with van der Waals surface area (Å²) in [5.74, 6) is 0.0481. The molecule has 0 radical (unpaired) electrons. The number of aryl methyl sites for hydroxylation is 1. The number of carbonyl (C=O) groups is 1. The maximum Gasteiger partial charge on any atom is 0.246 e. The molecule has 1 amide bonds. The number of benzene rings is 2. The van der Waals surface area contributed by atoms with Gasteiger partial charge in [-0.05, 0) is 41.8 Å². The predicted octanol–water partition coefficient (Wildman–Crippen LogP) is 2.26. The van der Waals surface area contributed by atoms with Gasteiger partial charge in [-0.25, -0.2) is 12.8 Å². The van der Waals surface area contributed by atoms with Crippen molar-refractivity contribution in [3.8, 4) is 11.5 Å². The van der Waals surface area contributed by atoms with Gasteiger partial charge in [-0.1, -0.05) is 6.07 Å². The lowest BCUT2D eigenvalue weighted by Crippen LogP contribution is -2.28. The normalized spacial score (nSPS) is 15.6. The molecule has 2 aliphatic rings. The Kier molecular flexibility index (Phi) is 4.27. The van der Waals surface area contributed by atoms with Crippen molar-refractivity contribution < 1.29 is 27.1 Å². The van der Waals surface area contributed by atoms with Gasteiger partial charge in [0.05, 0.1) is 0 Å². The van der Waals surface area contributed by atoms with E-state index in [1.807, 2.05) is 0 Å². The average Bonchev–Trinajstić information content (AvgIpc) is 3.08. The molecule has 0 aliphatic carbocycles. The van der Waals surface area contributed by atoms with Gasteiger partial charge in [0.25, 0.3) is 0 Å². The number of hydrogen-bond donors (Lipinski definition) is 1. The Hall–Kier alpha value is -2.65. The monoisotopic (exact) mass is 392 g/mol. The Morgan fingerprint density at radius 3 is 2.74 bits per heavy atom. The minimum atomic E-state index is -4.06. The molecule has 7 nitrogen and oxygen atoms in total. The third-order valence-electron chi connectivity index (χ3n) is 4.58. The Labute approximate surface area is 155 Å². The van der Waals surface area contributed by atoms with Crippen LogP contribution >= 0.6 is 0 Å². The number of ether oxygens (including phenoxy) is 2. The first-order chi connectivity index (χ1) is 12.8. The molecule has 0 unspecified atom stereocenters. The van der Waals surface area contributed by atoms with Gasteiger partial charge in [0.1, 0.15) is 10.7 Å².